The molecule has 0 saturated heterocycles. The summed E-state index contributed by atoms with van der Waals surface area (Å²) in [5.74, 6) is 4.80. The standard InChI is InChI=1S/C29H48O3/c1-3-21-5-7-22(8-6-21)23-9-11-24(12-10-23)25-13-15-26(16-14-25)29(30)32-28-19-17-27(18-20-28)31-4-2/h3,21-28H,1,4-20H2,2H3. The Labute approximate surface area is 197 Å². The van der Waals surface area contributed by atoms with Gasteiger partial charge >= 0.3 is 5.97 Å². The number of hydrogen-bond donors (Lipinski definition) is 0. The molecular weight excluding hydrogens is 396 g/mol. The first-order valence-electron chi connectivity index (χ1n) is 14.1. The van der Waals surface area contributed by atoms with E-state index in [-0.39, 0.29) is 18.0 Å². The molecule has 4 saturated carbocycles. The van der Waals surface area contributed by atoms with Crippen molar-refractivity contribution in [3.63, 3.8) is 0 Å². The lowest BCUT2D eigenvalue weighted by molar-refractivity contribution is -0.158. The van der Waals surface area contributed by atoms with Crippen molar-refractivity contribution in [1.82, 2.24) is 0 Å². The molecule has 0 bridgehead atoms. The van der Waals surface area contributed by atoms with Crippen molar-refractivity contribution in [1.29, 1.82) is 0 Å². The van der Waals surface area contributed by atoms with E-state index in [4.69, 9.17) is 9.47 Å². The molecule has 4 rings (SSSR count). The third-order valence-corrected chi connectivity index (χ3v) is 9.71. The zero-order valence-electron chi connectivity index (χ0n) is 20.6. The number of carbonyl (C=O) groups excluding carboxylic acids is 1. The first-order chi connectivity index (χ1) is 15.7. The second kappa shape index (κ2) is 12.0. The highest BCUT2D eigenvalue weighted by molar-refractivity contribution is 5.72. The number of rotatable bonds is 7. The van der Waals surface area contributed by atoms with Gasteiger partial charge in [-0.25, -0.2) is 0 Å². The lowest BCUT2D eigenvalue weighted by Gasteiger charge is -2.41. The summed E-state index contributed by atoms with van der Waals surface area (Å²) in [7, 11) is 0. The molecule has 0 unspecified atom stereocenters. The Bertz CT molecular complexity index is 569. The van der Waals surface area contributed by atoms with Gasteiger partial charge in [-0.1, -0.05) is 6.08 Å². The molecule has 0 atom stereocenters. The van der Waals surface area contributed by atoms with Crippen molar-refractivity contribution < 1.29 is 14.3 Å². The van der Waals surface area contributed by atoms with Gasteiger partial charge in [-0.05, 0) is 139 Å². The van der Waals surface area contributed by atoms with E-state index < -0.39 is 0 Å². The monoisotopic (exact) mass is 444 g/mol. The smallest absolute Gasteiger partial charge is 0.309 e. The highest BCUT2D eigenvalue weighted by Crippen LogP contribution is 2.46. The minimum Gasteiger partial charge on any atom is -0.462 e. The van der Waals surface area contributed by atoms with E-state index in [9.17, 15) is 4.79 Å². The van der Waals surface area contributed by atoms with Crippen LogP contribution in [0.25, 0.3) is 0 Å². The number of hydrogen-bond acceptors (Lipinski definition) is 3. The number of esters is 1. The van der Waals surface area contributed by atoms with Crippen molar-refractivity contribution in [3.05, 3.63) is 12.7 Å². The summed E-state index contributed by atoms with van der Waals surface area (Å²) < 4.78 is 11.7. The van der Waals surface area contributed by atoms with Crippen LogP contribution in [-0.4, -0.2) is 24.8 Å². The molecule has 182 valence electrons. The van der Waals surface area contributed by atoms with Crippen molar-refractivity contribution in [2.45, 2.75) is 122 Å². The summed E-state index contributed by atoms with van der Waals surface area (Å²) in [5.41, 5.74) is 0. The van der Waals surface area contributed by atoms with Crippen LogP contribution in [0.4, 0.5) is 0 Å². The van der Waals surface area contributed by atoms with Gasteiger partial charge in [-0.2, -0.15) is 0 Å². The average molecular weight is 445 g/mol. The van der Waals surface area contributed by atoms with Crippen LogP contribution < -0.4 is 0 Å². The van der Waals surface area contributed by atoms with E-state index in [0.29, 0.717) is 6.10 Å². The molecular formula is C29H48O3. The average Bonchev–Trinajstić information content (AvgIpc) is 2.86. The highest BCUT2D eigenvalue weighted by atomic mass is 16.5. The first kappa shape index (κ1) is 24.3. The minimum absolute atomic E-state index is 0.0992. The van der Waals surface area contributed by atoms with Crippen LogP contribution >= 0.6 is 0 Å². The van der Waals surface area contributed by atoms with E-state index in [1.807, 2.05) is 0 Å². The predicted molar refractivity (Wildman–Crippen MR) is 130 cm³/mol. The molecule has 0 amide bonds. The molecule has 3 heteroatoms. The molecule has 4 fully saturated rings. The normalized spacial score (nSPS) is 41.0. The van der Waals surface area contributed by atoms with Gasteiger partial charge in [0.05, 0.1) is 12.0 Å². The van der Waals surface area contributed by atoms with Gasteiger partial charge in [0, 0.05) is 6.61 Å². The quantitative estimate of drug-likeness (QED) is 0.301. The summed E-state index contributed by atoms with van der Waals surface area (Å²) in [5, 5.41) is 0. The SMILES string of the molecule is C=CC1CCC(C2CCC(C3CCC(C(=O)OC4CCC(OCC)CC4)CC3)CC2)CC1. The number of allylic oxidation sites excluding steroid dienone is 1. The lowest BCUT2D eigenvalue weighted by Crippen LogP contribution is -2.33. The Morgan fingerprint density at radius 2 is 1.12 bits per heavy atom. The molecule has 0 aliphatic heterocycles. The first-order valence-corrected chi connectivity index (χ1v) is 14.1. The van der Waals surface area contributed by atoms with E-state index in [2.05, 4.69) is 19.6 Å². The topological polar surface area (TPSA) is 35.5 Å². The Morgan fingerprint density at radius 3 is 1.59 bits per heavy atom. The van der Waals surface area contributed by atoms with E-state index in [0.717, 1.165) is 74.7 Å². The van der Waals surface area contributed by atoms with Crippen LogP contribution in [0.1, 0.15) is 110 Å². The maximum absolute atomic E-state index is 12.8. The molecule has 0 spiro atoms. The van der Waals surface area contributed by atoms with Crippen LogP contribution in [0, 0.1) is 35.5 Å². The van der Waals surface area contributed by atoms with Crippen LogP contribution in [0.5, 0.6) is 0 Å². The van der Waals surface area contributed by atoms with Crippen molar-refractivity contribution >= 4 is 5.97 Å². The second-order valence-electron chi connectivity index (χ2n) is 11.5. The van der Waals surface area contributed by atoms with E-state index >= 15 is 0 Å². The van der Waals surface area contributed by atoms with Gasteiger partial charge in [-0.15, -0.1) is 6.58 Å². The predicted octanol–water partition coefficient (Wildman–Crippen LogP) is 7.48. The van der Waals surface area contributed by atoms with Gasteiger partial charge in [0.1, 0.15) is 6.10 Å². The summed E-state index contributed by atoms with van der Waals surface area (Å²) in [6, 6.07) is 0. The molecule has 4 aliphatic rings. The third kappa shape index (κ3) is 6.39. The fourth-order valence-corrected chi connectivity index (χ4v) is 7.58. The second-order valence-corrected chi connectivity index (χ2v) is 11.5. The highest BCUT2D eigenvalue weighted by Gasteiger charge is 2.36. The maximum atomic E-state index is 12.8. The van der Waals surface area contributed by atoms with Gasteiger partial charge in [0.15, 0.2) is 0 Å². The Morgan fingerprint density at radius 1 is 0.688 bits per heavy atom. The minimum atomic E-state index is 0.0992. The fraction of sp³-hybridized carbons (Fsp3) is 0.897. The molecule has 0 heterocycles. The third-order valence-electron chi connectivity index (χ3n) is 9.71. The molecule has 4 aliphatic carbocycles. The molecule has 0 N–H and O–H groups in total. The van der Waals surface area contributed by atoms with Crippen LogP contribution in [0.2, 0.25) is 0 Å². The molecule has 32 heavy (non-hydrogen) atoms. The number of carbonyl (C=O) groups is 1. The lowest BCUT2D eigenvalue weighted by atomic mass is 9.65. The molecule has 0 radical (unpaired) electrons. The van der Waals surface area contributed by atoms with Gasteiger partial charge in [0.25, 0.3) is 0 Å². The molecule has 0 aromatic heterocycles. The maximum Gasteiger partial charge on any atom is 0.309 e. The van der Waals surface area contributed by atoms with Crippen LogP contribution in [0.15, 0.2) is 12.7 Å². The largest absolute Gasteiger partial charge is 0.462 e. The summed E-state index contributed by atoms with van der Waals surface area (Å²) >= 11 is 0. The summed E-state index contributed by atoms with van der Waals surface area (Å²) in [6.45, 7) is 6.85. The molecule has 0 aromatic rings. The fourth-order valence-electron chi connectivity index (χ4n) is 7.58. The molecule has 0 aromatic carbocycles. The van der Waals surface area contributed by atoms with Crippen molar-refractivity contribution in [2.75, 3.05) is 6.61 Å². The summed E-state index contributed by atoms with van der Waals surface area (Å²) in [4.78, 5) is 12.8. The van der Waals surface area contributed by atoms with E-state index in [1.54, 1.807) is 0 Å². The Kier molecular flexibility index (Phi) is 9.14. The van der Waals surface area contributed by atoms with Gasteiger partial charge in [-0.3, -0.25) is 4.79 Å². The van der Waals surface area contributed by atoms with Crippen LogP contribution in [-0.2, 0) is 14.3 Å². The zero-order valence-corrected chi connectivity index (χ0v) is 20.6. The van der Waals surface area contributed by atoms with Crippen molar-refractivity contribution in [3.8, 4) is 0 Å². The van der Waals surface area contributed by atoms with Crippen molar-refractivity contribution in [2.24, 2.45) is 35.5 Å². The Balaban J connectivity index is 1.13. The van der Waals surface area contributed by atoms with Crippen LogP contribution in [0.3, 0.4) is 0 Å². The zero-order chi connectivity index (χ0) is 22.3. The Hall–Kier alpha value is -0.830. The van der Waals surface area contributed by atoms with E-state index in [1.165, 1.54) is 64.2 Å². The molecule has 3 nitrogen and oxygen atoms in total. The van der Waals surface area contributed by atoms with Gasteiger partial charge in [0.2, 0.25) is 0 Å². The number of ether oxygens (including phenoxy) is 2. The van der Waals surface area contributed by atoms with Gasteiger partial charge < -0.3 is 9.47 Å². The summed E-state index contributed by atoms with van der Waals surface area (Å²) in [6.07, 6.45) is 22.8.